The summed E-state index contributed by atoms with van der Waals surface area (Å²) in [6.07, 6.45) is 6.82. The van der Waals surface area contributed by atoms with Crippen LogP contribution in [0.25, 0.3) is 0 Å². The third-order valence-electron chi connectivity index (χ3n) is 1.83. The number of aryl methyl sites for hydroxylation is 2. The molecule has 0 aliphatic heterocycles. The molecule has 108 valence electrons. The normalized spacial score (nSPS) is 15.1. The fourth-order valence-electron chi connectivity index (χ4n) is 1.02. The second kappa shape index (κ2) is 6.39. The third-order valence-corrected chi connectivity index (χ3v) is 1.83. The van der Waals surface area contributed by atoms with Gasteiger partial charge in [-0.1, -0.05) is 13.3 Å². The Bertz CT molecular complexity index is 357. The van der Waals surface area contributed by atoms with Crippen molar-refractivity contribution in [2.45, 2.75) is 33.2 Å². The predicted molar refractivity (Wildman–Crippen MR) is 88.3 cm³/mol. The van der Waals surface area contributed by atoms with Gasteiger partial charge in [-0.2, -0.15) is 0 Å². The Labute approximate surface area is 137 Å². The summed E-state index contributed by atoms with van der Waals surface area (Å²) in [7, 11) is 0. The van der Waals surface area contributed by atoms with Gasteiger partial charge in [0.1, 0.15) is 6.54 Å². The summed E-state index contributed by atoms with van der Waals surface area (Å²) < 4.78 is -2.59. The fraction of sp³-hybridized carbons (Fsp3) is 0.500. The van der Waals surface area contributed by atoms with E-state index in [1.807, 2.05) is 0 Å². The van der Waals surface area contributed by atoms with E-state index in [1.165, 1.54) is 18.4 Å². The molecule has 1 nitrogen and oxygen atoms in total. The van der Waals surface area contributed by atoms with Gasteiger partial charge in [0.2, 0.25) is 0 Å². The van der Waals surface area contributed by atoms with E-state index in [-0.39, 0.29) is 0 Å². The van der Waals surface area contributed by atoms with Crippen molar-refractivity contribution in [1.29, 1.82) is 0 Å². The van der Waals surface area contributed by atoms with Crippen molar-refractivity contribution < 1.29 is 4.57 Å². The first kappa shape index (κ1) is 19.3. The summed E-state index contributed by atoms with van der Waals surface area (Å²) >= 11 is 30.0. The van der Waals surface area contributed by atoms with E-state index >= 15 is 0 Å². The van der Waals surface area contributed by atoms with Gasteiger partial charge in [-0.3, -0.25) is 0 Å². The van der Waals surface area contributed by atoms with E-state index in [9.17, 15) is 0 Å². The predicted octanol–water partition coefficient (Wildman–Crippen LogP) is 7.08. The van der Waals surface area contributed by atoms with E-state index in [2.05, 4.69) is 42.9 Å². The third kappa shape index (κ3) is 19.7. The molecule has 0 aromatic carbocycles. The minimum absolute atomic E-state index is 1.15. The van der Waals surface area contributed by atoms with E-state index < -0.39 is 2.06 Å². The van der Waals surface area contributed by atoms with Crippen LogP contribution in [0.15, 0.2) is 24.5 Å². The maximum atomic E-state index is 5.00. The molecule has 18 heavy (non-hydrogen) atoms. The summed E-state index contributed by atoms with van der Waals surface area (Å²) in [5.74, 6) is 0. The van der Waals surface area contributed by atoms with E-state index in [0.717, 1.165) is 6.54 Å². The second-order valence-electron chi connectivity index (χ2n) is 3.93. The summed E-state index contributed by atoms with van der Waals surface area (Å²) in [5.41, 5.74) is 1.33. The Kier molecular flexibility index (Phi) is 6.86. The first-order valence-electron chi connectivity index (χ1n) is 5.30. The monoisotopic (exact) mass is 391 g/mol. The number of aromatic nitrogens is 1. The van der Waals surface area contributed by atoms with Crippen LogP contribution in [0.1, 0.15) is 25.3 Å². The Morgan fingerprint density at radius 3 is 1.72 bits per heavy atom. The van der Waals surface area contributed by atoms with Gasteiger partial charge in [0, 0.05) is 18.6 Å². The van der Waals surface area contributed by atoms with Crippen LogP contribution in [0, 0.1) is 6.92 Å². The maximum absolute atomic E-state index is 5.00. The zero-order chi connectivity index (χ0) is 14.5. The zero-order valence-corrected chi connectivity index (χ0v) is 15.5. The summed E-state index contributed by atoms with van der Waals surface area (Å²) in [4.78, 5) is 0. The summed E-state index contributed by atoms with van der Waals surface area (Å²) in [6.45, 7) is 5.48. The van der Waals surface area contributed by atoms with Gasteiger partial charge >= 0.3 is 69.5 Å². The quantitative estimate of drug-likeness (QED) is 0.381. The minimum atomic E-state index is -4.82. The van der Waals surface area contributed by atoms with Crippen molar-refractivity contribution in [1.82, 2.24) is 0 Å². The van der Waals surface area contributed by atoms with Gasteiger partial charge in [-0.25, -0.2) is 4.57 Å². The zero-order valence-electron chi connectivity index (χ0n) is 10.1. The molecule has 1 heterocycles. The molecule has 0 unspecified atom stereocenters. The molecule has 0 aliphatic carbocycles. The Balaban J connectivity index is 0.000000360. The topological polar surface area (TPSA) is 3.88 Å². The van der Waals surface area contributed by atoms with Gasteiger partial charge in [0.25, 0.3) is 0 Å². The average molecular weight is 394 g/mol. The van der Waals surface area contributed by atoms with Crippen molar-refractivity contribution in [3.63, 3.8) is 0 Å². The molecule has 1 aromatic heterocycles. The molecule has 0 saturated carbocycles. The molecule has 0 aliphatic rings. The van der Waals surface area contributed by atoms with Crippen LogP contribution >= 0.6 is 69.5 Å². The molecule has 8 heteroatoms. The van der Waals surface area contributed by atoms with Crippen LogP contribution in [0.5, 0.6) is 0 Å². The van der Waals surface area contributed by atoms with Gasteiger partial charge in [0.15, 0.2) is 12.4 Å². The summed E-state index contributed by atoms with van der Waals surface area (Å²) in [5, 5.41) is 0. The van der Waals surface area contributed by atoms with Gasteiger partial charge in [-0.05, 0) is 12.5 Å². The standard InChI is InChI=1S/C10H16N.Cl6P/c1-3-4-7-11-8-5-10(2)6-9-11;1-7(2,3,4,5)6/h5-6,8-9H,3-4,7H2,1-2H3;/q+1;-1. The van der Waals surface area contributed by atoms with Gasteiger partial charge in [-0.15, -0.1) is 0 Å². The number of unbranched alkanes of at least 4 members (excludes halogenated alkanes) is 1. The number of halogens is 6. The molecule has 0 radical (unpaired) electrons. The van der Waals surface area contributed by atoms with Crippen LogP contribution in [-0.4, -0.2) is 0 Å². The first-order chi connectivity index (χ1) is 7.78. The molecule has 0 atom stereocenters. The number of hydrogen-bond acceptors (Lipinski definition) is 0. The van der Waals surface area contributed by atoms with E-state index in [0.29, 0.717) is 0 Å². The Morgan fingerprint density at radius 2 is 1.39 bits per heavy atom. The first-order valence-corrected chi connectivity index (χ1v) is 13.4. The van der Waals surface area contributed by atoms with E-state index in [1.54, 1.807) is 0 Å². The number of rotatable bonds is 3. The average Bonchev–Trinajstić information content (AvgIpc) is 2.12. The van der Waals surface area contributed by atoms with Crippen molar-refractivity contribution in [2.75, 3.05) is 0 Å². The molecular weight excluding hydrogens is 378 g/mol. The van der Waals surface area contributed by atoms with Crippen molar-refractivity contribution in [3.05, 3.63) is 30.1 Å². The SMILES string of the molecule is CCCC[n+]1ccc(C)cc1.Cl[P-](Cl)(Cl)(Cl)(Cl)Cl. The van der Waals surface area contributed by atoms with Crippen molar-refractivity contribution >= 4 is 69.5 Å². The number of pyridine rings is 1. The van der Waals surface area contributed by atoms with E-state index in [4.69, 9.17) is 67.4 Å². The summed E-state index contributed by atoms with van der Waals surface area (Å²) in [6, 6.07) is 4.30. The fourth-order valence-corrected chi connectivity index (χ4v) is 1.02. The van der Waals surface area contributed by atoms with Crippen LogP contribution < -0.4 is 4.57 Å². The van der Waals surface area contributed by atoms with Crippen molar-refractivity contribution in [3.8, 4) is 0 Å². The molecular formula is C10H16Cl6NP. The van der Waals surface area contributed by atoms with Crippen molar-refractivity contribution in [2.24, 2.45) is 0 Å². The Morgan fingerprint density at radius 1 is 1.00 bits per heavy atom. The molecule has 0 spiro atoms. The molecule has 0 bridgehead atoms. The van der Waals surface area contributed by atoms with Crippen LogP contribution in [-0.2, 0) is 6.54 Å². The number of hydrogen-bond donors (Lipinski definition) is 0. The molecule has 0 N–H and O–H groups in total. The Hall–Kier alpha value is 1.32. The second-order valence-corrected chi connectivity index (χ2v) is 28.8. The van der Waals surface area contributed by atoms with Crippen LogP contribution in [0.4, 0.5) is 0 Å². The molecule has 0 amide bonds. The molecule has 0 fully saturated rings. The molecule has 0 saturated heterocycles. The number of nitrogens with zero attached hydrogens (tertiary/aromatic N) is 1. The molecule has 1 aromatic rings. The van der Waals surface area contributed by atoms with Gasteiger partial charge in [0.05, 0.1) is 0 Å². The van der Waals surface area contributed by atoms with Gasteiger partial charge < -0.3 is 0 Å². The van der Waals surface area contributed by atoms with Crippen LogP contribution in [0.3, 0.4) is 0 Å². The van der Waals surface area contributed by atoms with Crippen LogP contribution in [0.2, 0.25) is 0 Å². The molecule has 1 rings (SSSR count).